The number of aromatic nitrogens is 1. The molecule has 0 bridgehead atoms. The highest BCUT2D eigenvalue weighted by Gasteiger charge is 2.22. The van der Waals surface area contributed by atoms with Crippen LogP contribution in [-0.2, 0) is 0 Å². The first-order chi connectivity index (χ1) is 10.2. The normalized spacial score (nSPS) is 18.5. The molecule has 1 aromatic carbocycles. The average molecular weight is 280 g/mol. The quantitative estimate of drug-likeness (QED) is 0.841. The summed E-state index contributed by atoms with van der Waals surface area (Å²) in [5.41, 5.74) is 2.71. The number of nitrogens with zero attached hydrogens (tertiary/aromatic N) is 2. The van der Waals surface area contributed by atoms with Crippen LogP contribution in [0.3, 0.4) is 0 Å². The molecule has 3 rings (SSSR count). The molecule has 1 unspecified atom stereocenters. The maximum Gasteiger partial charge on any atom is 0.272 e. The van der Waals surface area contributed by atoms with Crippen molar-refractivity contribution >= 4 is 5.91 Å². The van der Waals surface area contributed by atoms with Crippen molar-refractivity contribution in [3.05, 3.63) is 54.4 Å². The van der Waals surface area contributed by atoms with Crippen LogP contribution in [0.5, 0.6) is 0 Å². The monoisotopic (exact) mass is 280 g/mol. The van der Waals surface area contributed by atoms with E-state index in [2.05, 4.69) is 11.9 Å². The van der Waals surface area contributed by atoms with Gasteiger partial charge in [0.25, 0.3) is 5.91 Å². The maximum absolute atomic E-state index is 12.5. The van der Waals surface area contributed by atoms with E-state index in [-0.39, 0.29) is 5.91 Å². The lowest BCUT2D eigenvalue weighted by atomic mass is 10.00. The molecule has 108 valence electrons. The summed E-state index contributed by atoms with van der Waals surface area (Å²) < 4.78 is 0. The Labute approximate surface area is 125 Å². The van der Waals surface area contributed by atoms with Gasteiger partial charge in [-0.15, -0.1) is 0 Å². The van der Waals surface area contributed by atoms with Gasteiger partial charge in [-0.25, -0.2) is 0 Å². The van der Waals surface area contributed by atoms with E-state index in [1.54, 1.807) is 6.20 Å². The van der Waals surface area contributed by atoms with E-state index in [1.165, 1.54) is 6.42 Å². The fourth-order valence-corrected chi connectivity index (χ4v) is 2.86. The van der Waals surface area contributed by atoms with E-state index in [1.807, 2.05) is 47.4 Å². The number of piperidine rings is 1. The third-order valence-electron chi connectivity index (χ3n) is 4.03. The standard InChI is InChI=1S/C18H20N2O/c1-14-6-5-11-20(13-14)18(21)17-10-9-16(12-19-17)15-7-3-2-4-8-15/h2-4,7-10,12,14H,5-6,11,13H2,1H3. The Hall–Kier alpha value is -2.16. The molecule has 3 nitrogen and oxygen atoms in total. The number of hydrogen-bond acceptors (Lipinski definition) is 2. The number of likely N-dealkylation sites (tertiary alicyclic amines) is 1. The Morgan fingerprint density at radius 1 is 1.14 bits per heavy atom. The molecule has 2 aromatic rings. The van der Waals surface area contributed by atoms with Crippen LogP contribution < -0.4 is 0 Å². The van der Waals surface area contributed by atoms with Crippen LogP contribution in [-0.4, -0.2) is 28.9 Å². The molecule has 21 heavy (non-hydrogen) atoms. The lowest BCUT2D eigenvalue weighted by molar-refractivity contribution is 0.0677. The molecule has 0 saturated carbocycles. The van der Waals surface area contributed by atoms with Crippen LogP contribution in [0.1, 0.15) is 30.3 Å². The molecule has 1 atom stereocenters. The summed E-state index contributed by atoms with van der Waals surface area (Å²) >= 11 is 0. The molecule has 0 radical (unpaired) electrons. The van der Waals surface area contributed by atoms with Crippen molar-refractivity contribution in [2.75, 3.05) is 13.1 Å². The molecular formula is C18H20N2O. The molecule has 1 aromatic heterocycles. The lowest BCUT2D eigenvalue weighted by Gasteiger charge is -2.30. The van der Waals surface area contributed by atoms with Gasteiger partial charge in [0.2, 0.25) is 0 Å². The minimum absolute atomic E-state index is 0.0566. The molecule has 1 aliphatic heterocycles. The smallest absolute Gasteiger partial charge is 0.272 e. The first-order valence-electron chi connectivity index (χ1n) is 7.55. The fraction of sp³-hybridized carbons (Fsp3) is 0.333. The molecule has 0 spiro atoms. The molecule has 3 heteroatoms. The summed E-state index contributed by atoms with van der Waals surface area (Å²) in [6, 6.07) is 13.9. The Balaban J connectivity index is 1.76. The summed E-state index contributed by atoms with van der Waals surface area (Å²) in [6.07, 6.45) is 4.09. The number of amides is 1. The zero-order valence-corrected chi connectivity index (χ0v) is 12.3. The molecule has 0 N–H and O–H groups in total. The van der Waals surface area contributed by atoms with Gasteiger partial charge in [0.1, 0.15) is 5.69 Å². The summed E-state index contributed by atoms with van der Waals surface area (Å²) in [5.74, 6) is 0.646. The van der Waals surface area contributed by atoms with Crippen LogP contribution in [0.25, 0.3) is 11.1 Å². The Bertz CT molecular complexity index is 607. The molecular weight excluding hydrogens is 260 g/mol. The molecule has 0 aliphatic carbocycles. The molecule has 2 heterocycles. The maximum atomic E-state index is 12.5. The van der Waals surface area contributed by atoms with Crippen LogP contribution in [0.15, 0.2) is 48.7 Å². The van der Waals surface area contributed by atoms with Gasteiger partial charge in [-0.3, -0.25) is 9.78 Å². The van der Waals surface area contributed by atoms with E-state index >= 15 is 0 Å². The van der Waals surface area contributed by atoms with Gasteiger partial charge in [0, 0.05) is 24.8 Å². The molecule has 1 aliphatic rings. The van der Waals surface area contributed by atoms with E-state index in [4.69, 9.17) is 0 Å². The SMILES string of the molecule is CC1CCCN(C(=O)c2ccc(-c3ccccc3)cn2)C1. The van der Waals surface area contributed by atoms with Crippen molar-refractivity contribution in [3.63, 3.8) is 0 Å². The van der Waals surface area contributed by atoms with Crippen molar-refractivity contribution in [2.45, 2.75) is 19.8 Å². The number of rotatable bonds is 2. The fourth-order valence-electron chi connectivity index (χ4n) is 2.86. The summed E-state index contributed by atoms with van der Waals surface area (Å²) in [5, 5.41) is 0. The van der Waals surface area contributed by atoms with Crippen LogP contribution in [0.2, 0.25) is 0 Å². The van der Waals surface area contributed by atoms with Crippen LogP contribution >= 0.6 is 0 Å². The second-order valence-electron chi connectivity index (χ2n) is 5.80. The summed E-state index contributed by atoms with van der Waals surface area (Å²) in [4.78, 5) is 18.7. The van der Waals surface area contributed by atoms with Crippen LogP contribution in [0.4, 0.5) is 0 Å². The zero-order chi connectivity index (χ0) is 14.7. The molecule has 1 amide bonds. The first-order valence-corrected chi connectivity index (χ1v) is 7.55. The summed E-state index contributed by atoms with van der Waals surface area (Å²) in [6.45, 7) is 3.90. The lowest BCUT2D eigenvalue weighted by Crippen LogP contribution is -2.39. The Kier molecular flexibility index (Phi) is 4.00. The van der Waals surface area contributed by atoms with E-state index in [9.17, 15) is 4.79 Å². The number of pyridine rings is 1. The van der Waals surface area contributed by atoms with E-state index in [0.717, 1.165) is 30.6 Å². The number of benzene rings is 1. The topological polar surface area (TPSA) is 33.2 Å². The van der Waals surface area contributed by atoms with E-state index in [0.29, 0.717) is 11.6 Å². The Morgan fingerprint density at radius 2 is 1.95 bits per heavy atom. The van der Waals surface area contributed by atoms with Gasteiger partial charge < -0.3 is 4.90 Å². The predicted molar refractivity (Wildman–Crippen MR) is 84.0 cm³/mol. The minimum Gasteiger partial charge on any atom is -0.337 e. The Morgan fingerprint density at radius 3 is 2.62 bits per heavy atom. The van der Waals surface area contributed by atoms with Gasteiger partial charge in [-0.2, -0.15) is 0 Å². The zero-order valence-electron chi connectivity index (χ0n) is 12.3. The van der Waals surface area contributed by atoms with Crippen LogP contribution in [0, 0.1) is 5.92 Å². The van der Waals surface area contributed by atoms with E-state index < -0.39 is 0 Å². The third-order valence-corrected chi connectivity index (χ3v) is 4.03. The van der Waals surface area contributed by atoms with Crippen molar-refractivity contribution in [1.29, 1.82) is 0 Å². The molecule has 1 saturated heterocycles. The van der Waals surface area contributed by atoms with Gasteiger partial charge >= 0.3 is 0 Å². The third kappa shape index (κ3) is 3.13. The van der Waals surface area contributed by atoms with Gasteiger partial charge in [-0.05, 0) is 30.4 Å². The second kappa shape index (κ2) is 6.08. The van der Waals surface area contributed by atoms with Crippen molar-refractivity contribution < 1.29 is 4.79 Å². The number of carbonyl (C=O) groups excluding carboxylic acids is 1. The van der Waals surface area contributed by atoms with Gasteiger partial charge in [0.05, 0.1) is 0 Å². The van der Waals surface area contributed by atoms with Crippen molar-refractivity contribution in [3.8, 4) is 11.1 Å². The van der Waals surface area contributed by atoms with Gasteiger partial charge in [-0.1, -0.05) is 43.3 Å². The van der Waals surface area contributed by atoms with Crippen molar-refractivity contribution in [2.24, 2.45) is 5.92 Å². The summed E-state index contributed by atoms with van der Waals surface area (Å²) in [7, 11) is 0. The number of carbonyl (C=O) groups is 1. The first kappa shape index (κ1) is 13.8. The highest BCUT2D eigenvalue weighted by molar-refractivity contribution is 5.92. The van der Waals surface area contributed by atoms with Gasteiger partial charge in [0.15, 0.2) is 0 Å². The molecule has 1 fully saturated rings. The number of hydrogen-bond donors (Lipinski definition) is 0. The predicted octanol–water partition coefficient (Wildman–Crippen LogP) is 3.62. The van der Waals surface area contributed by atoms with Crippen molar-refractivity contribution in [1.82, 2.24) is 9.88 Å². The average Bonchev–Trinajstić information content (AvgIpc) is 2.55. The highest BCUT2D eigenvalue weighted by Crippen LogP contribution is 2.20. The minimum atomic E-state index is 0.0566. The largest absolute Gasteiger partial charge is 0.337 e. The second-order valence-corrected chi connectivity index (χ2v) is 5.80. The highest BCUT2D eigenvalue weighted by atomic mass is 16.2.